The molecule has 0 aliphatic heterocycles. The number of hydrogen-bond acceptors (Lipinski definition) is 4. The lowest BCUT2D eigenvalue weighted by Gasteiger charge is -1.95. The van der Waals surface area contributed by atoms with Gasteiger partial charge < -0.3 is 0 Å². The van der Waals surface area contributed by atoms with Crippen LogP contribution < -0.4 is 0 Å². The quantitative estimate of drug-likeness (QED) is 0.737. The standard InChI is InChI=1S/C12H11ClN4S/c1-2-3-10-14-15-12-17(10)16-11(18-12)8-4-6-9(13)7-5-8/h4-7H,2-3H2,1H3. The number of aryl methyl sites for hydroxylation is 1. The molecule has 0 fully saturated rings. The van der Waals surface area contributed by atoms with E-state index in [9.17, 15) is 0 Å². The van der Waals surface area contributed by atoms with Crippen molar-refractivity contribution >= 4 is 27.9 Å². The number of halogens is 1. The summed E-state index contributed by atoms with van der Waals surface area (Å²) in [5.74, 6) is 0.920. The topological polar surface area (TPSA) is 43.1 Å². The summed E-state index contributed by atoms with van der Waals surface area (Å²) in [6.07, 6.45) is 1.93. The fourth-order valence-corrected chi connectivity index (χ4v) is 2.74. The number of nitrogens with zero attached hydrogens (tertiary/aromatic N) is 4. The third-order valence-electron chi connectivity index (χ3n) is 2.62. The van der Waals surface area contributed by atoms with E-state index in [0.29, 0.717) is 0 Å². The molecule has 0 spiro atoms. The van der Waals surface area contributed by atoms with Gasteiger partial charge in [0.1, 0.15) is 5.01 Å². The minimum atomic E-state index is 0.730. The van der Waals surface area contributed by atoms with Crippen molar-refractivity contribution in [1.82, 2.24) is 19.8 Å². The summed E-state index contributed by atoms with van der Waals surface area (Å²) in [4.78, 5) is 0.836. The van der Waals surface area contributed by atoms with Gasteiger partial charge in [-0.3, -0.25) is 0 Å². The van der Waals surface area contributed by atoms with Gasteiger partial charge in [-0.2, -0.15) is 9.61 Å². The molecule has 0 saturated heterocycles. The Morgan fingerprint density at radius 1 is 1.22 bits per heavy atom. The average molecular weight is 279 g/mol. The van der Waals surface area contributed by atoms with Crippen LogP contribution in [0.25, 0.3) is 15.5 Å². The minimum absolute atomic E-state index is 0.730. The van der Waals surface area contributed by atoms with Gasteiger partial charge in [-0.05, 0) is 18.6 Å². The second kappa shape index (κ2) is 4.66. The fraction of sp³-hybridized carbons (Fsp3) is 0.250. The van der Waals surface area contributed by atoms with Crippen LogP contribution in [0.2, 0.25) is 5.02 Å². The molecule has 0 atom stereocenters. The lowest BCUT2D eigenvalue weighted by Crippen LogP contribution is -1.95. The van der Waals surface area contributed by atoms with E-state index >= 15 is 0 Å². The smallest absolute Gasteiger partial charge is 0.187 e. The van der Waals surface area contributed by atoms with Crippen LogP contribution in [-0.2, 0) is 6.42 Å². The first-order valence-corrected chi connectivity index (χ1v) is 6.94. The number of aromatic nitrogens is 4. The highest BCUT2D eigenvalue weighted by Crippen LogP contribution is 2.26. The second-order valence-electron chi connectivity index (χ2n) is 3.97. The molecule has 6 heteroatoms. The van der Waals surface area contributed by atoms with Crippen molar-refractivity contribution in [3.05, 3.63) is 35.1 Å². The third kappa shape index (κ3) is 2.00. The summed E-state index contributed by atoms with van der Waals surface area (Å²) in [6, 6.07) is 7.67. The Kier molecular flexibility index (Phi) is 3.01. The van der Waals surface area contributed by atoms with Crippen LogP contribution >= 0.6 is 22.9 Å². The Bertz CT molecular complexity index is 671. The lowest BCUT2D eigenvalue weighted by molar-refractivity contribution is 0.778. The number of hydrogen-bond donors (Lipinski definition) is 0. The maximum Gasteiger partial charge on any atom is 0.234 e. The highest BCUT2D eigenvalue weighted by atomic mass is 35.5. The van der Waals surface area contributed by atoms with Crippen LogP contribution in [0.4, 0.5) is 0 Å². The number of fused-ring (bicyclic) bond motifs is 1. The molecule has 4 nitrogen and oxygen atoms in total. The van der Waals surface area contributed by atoms with Crippen molar-refractivity contribution in [3.8, 4) is 10.6 Å². The molecular formula is C12H11ClN4S. The van der Waals surface area contributed by atoms with E-state index in [-0.39, 0.29) is 0 Å². The molecule has 0 saturated carbocycles. The van der Waals surface area contributed by atoms with Crippen LogP contribution in [-0.4, -0.2) is 19.8 Å². The Morgan fingerprint density at radius 3 is 2.72 bits per heavy atom. The van der Waals surface area contributed by atoms with Gasteiger partial charge in [-0.1, -0.05) is 42.0 Å². The largest absolute Gasteiger partial charge is 0.234 e. The molecule has 0 radical (unpaired) electrons. The van der Waals surface area contributed by atoms with Gasteiger partial charge in [0.25, 0.3) is 0 Å². The van der Waals surface area contributed by atoms with E-state index in [1.807, 2.05) is 28.8 Å². The summed E-state index contributed by atoms with van der Waals surface area (Å²) < 4.78 is 1.83. The molecule has 0 N–H and O–H groups in total. The molecule has 0 aliphatic rings. The highest BCUT2D eigenvalue weighted by Gasteiger charge is 2.11. The zero-order valence-corrected chi connectivity index (χ0v) is 11.4. The van der Waals surface area contributed by atoms with Crippen LogP contribution in [0.15, 0.2) is 24.3 Å². The highest BCUT2D eigenvalue weighted by molar-refractivity contribution is 7.19. The van der Waals surface area contributed by atoms with Gasteiger partial charge in [0.15, 0.2) is 5.82 Å². The monoisotopic (exact) mass is 278 g/mol. The summed E-state index contributed by atoms with van der Waals surface area (Å²) in [5, 5.41) is 14.5. The number of benzene rings is 1. The Balaban J connectivity index is 2.05. The normalized spacial score (nSPS) is 11.2. The molecule has 2 aromatic heterocycles. The molecule has 0 unspecified atom stereocenters. The number of rotatable bonds is 3. The molecule has 2 heterocycles. The summed E-state index contributed by atoms with van der Waals surface area (Å²) in [7, 11) is 0. The van der Waals surface area contributed by atoms with Crippen molar-refractivity contribution in [1.29, 1.82) is 0 Å². The molecule has 0 amide bonds. The molecule has 0 bridgehead atoms. The van der Waals surface area contributed by atoms with Gasteiger partial charge in [-0.15, -0.1) is 10.2 Å². The third-order valence-corrected chi connectivity index (χ3v) is 3.82. The maximum absolute atomic E-state index is 5.88. The Morgan fingerprint density at radius 2 is 2.00 bits per heavy atom. The zero-order chi connectivity index (χ0) is 12.5. The van der Waals surface area contributed by atoms with E-state index in [2.05, 4.69) is 22.2 Å². The van der Waals surface area contributed by atoms with E-state index in [4.69, 9.17) is 11.6 Å². The van der Waals surface area contributed by atoms with Crippen LogP contribution in [0.1, 0.15) is 19.2 Å². The Hall–Kier alpha value is -1.46. The van der Waals surface area contributed by atoms with Crippen LogP contribution in [0.3, 0.4) is 0 Å². The molecule has 0 aliphatic carbocycles. The average Bonchev–Trinajstić information content (AvgIpc) is 2.93. The van der Waals surface area contributed by atoms with E-state index in [0.717, 1.165) is 39.2 Å². The predicted octanol–water partition coefficient (Wildman–Crippen LogP) is 3.46. The van der Waals surface area contributed by atoms with Crippen molar-refractivity contribution in [2.75, 3.05) is 0 Å². The molecule has 92 valence electrons. The first-order valence-electron chi connectivity index (χ1n) is 5.75. The minimum Gasteiger partial charge on any atom is -0.187 e. The van der Waals surface area contributed by atoms with E-state index in [1.54, 1.807) is 0 Å². The second-order valence-corrected chi connectivity index (χ2v) is 5.37. The predicted molar refractivity (Wildman–Crippen MR) is 73.1 cm³/mol. The van der Waals surface area contributed by atoms with Gasteiger partial charge in [0.2, 0.25) is 4.96 Å². The summed E-state index contributed by atoms with van der Waals surface area (Å²) in [6.45, 7) is 2.12. The SMILES string of the molecule is CCCc1nnc2sc(-c3ccc(Cl)cc3)nn12. The van der Waals surface area contributed by atoms with Crippen molar-refractivity contribution in [2.24, 2.45) is 0 Å². The van der Waals surface area contributed by atoms with Crippen molar-refractivity contribution < 1.29 is 0 Å². The van der Waals surface area contributed by atoms with Crippen LogP contribution in [0, 0.1) is 0 Å². The maximum atomic E-state index is 5.88. The summed E-state index contributed by atoms with van der Waals surface area (Å²) >= 11 is 7.42. The van der Waals surface area contributed by atoms with Gasteiger partial charge in [0, 0.05) is 17.0 Å². The first kappa shape index (κ1) is 11.6. The Labute approximate surface area is 113 Å². The van der Waals surface area contributed by atoms with Gasteiger partial charge in [0.05, 0.1) is 0 Å². The summed E-state index contributed by atoms with van der Waals surface area (Å²) in [5.41, 5.74) is 1.05. The molecular weight excluding hydrogens is 268 g/mol. The van der Waals surface area contributed by atoms with Crippen molar-refractivity contribution in [2.45, 2.75) is 19.8 Å². The molecule has 18 heavy (non-hydrogen) atoms. The van der Waals surface area contributed by atoms with E-state index < -0.39 is 0 Å². The van der Waals surface area contributed by atoms with E-state index in [1.165, 1.54) is 11.3 Å². The molecule has 3 aromatic rings. The van der Waals surface area contributed by atoms with Crippen molar-refractivity contribution in [3.63, 3.8) is 0 Å². The first-order chi connectivity index (χ1) is 8.78. The zero-order valence-electron chi connectivity index (χ0n) is 9.80. The van der Waals surface area contributed by atoms with Gasteiger partial charge in [-0.25, -0.2) is 0 Å². The molecule has 1 aromatic carbocycles. The molecule has 3 rings (SSSR count). The lowest BCUT2D eigenvalue weighted by atomic mass is 10.2. The fourth-order valence-electron chi connectivity index (χ4n) is 1.75. The van der Waals surface area contributed by atoms with Gasteiger partial charge >= 0.3 is 0 Å². The van der Waals surface area contributed by atoms with Crippen LogP contribution in [0.5, 0.6) is 0 Å².